The van der Waals surface area contributed by atoms with E-state index in [-0.39, 0.29) is 10.6 Å². The van der Waals surface area contributed by atoms with Crippen LogP contribution in [0.15, 0.2) is 22.7 Å². The Kier molecular flexibility index (Phi) is 4.93. The van der Waals surface area contributed by atoms with Gasteiger partial charge in [-0.15, -0.1) is 0 Å². The predicted octanol–water partition coefficient (Wildman–Crippen LogP) is 4.03. The van der Waals surface area contributed by atoms with E-state index < -0.39 is 0 Å². The minimum Gasteiger partial charge on any atom is -0.310 e. The zero-order valence-electron chi connectivity index (χ0n) is 11.1. The second kappa shape index (κ2) is 6.48. The van der Waals surface area contributed by atoms with Gasteiger partial charge in [-0.05, 0) is 30.4 Å². The number of nitro groups is 1. The van der Waals surface area contributed by atoms with Gasteiger partial charge in [-0.25, -0.2) is 0 Å². The summed E-state index contributed by atoms with van der Waals surface area (Å²) >= 11 is 3.41. The molecule has 0 bridgehead atoms. The normalized spacial score (nSPS) is 16.3. The molecule has 1 aliphatic carbocycles. The molecule has 1 unspecified atom stereocenters. The van der Waals surface area contributed by atoms with E-state index in [0.717, 1.165) is 28.9 Å². The maximum absolute atomic E-state index is 10.7. The van der Waals surface area contributed by atoms with Gasteiger partial charge in [-0.1, -0.05) is 35.7 Å². The number of benzene rings is 1. The van der Waals surface area contributed by atoms with E-state index in [1.165, 1.54) is 19.3 Å². The van der Waals surface area contributed by atoms with Gasteiger partial charge in [0.15, 0.2) is 0 Å². The Morgan fingerprint density at radius 3 is 2.79 bits per heavy atom. The molecule has 0 aliphatic heterocycles. The quantitative estimate of drug-likeness (QED) is 0.608. The molecule has 2 rings (SSSR count). The monoisotopic (exact) mass is 326 g/mol. The van der Waals surface area contributed by atoms with Crippen molar-refractivity contribution in [2.24, 2.45) is 5.92 Å². The van der Waals surface area contributed by atoms with Crippen LogP contribution in [-0.2, 0) is 6.54 Å². The van der Waals surface area contributed by atoms with Crippen LogP contribution in [0, 0.1) is 16.0 Å². The molecule has 19 heavy (non-hydrogen) atoms. The number of nitrogens with zero attached hydrogens (tertiary/aromatic N) is 1. The first-order valence-electron chi connectivity index (χ1n) is 6.76. The van der Waals surface area contributed by atoms with E-state index in [4.69, 9.17) is 0 Å². The third-order valence-corrected chi connectivity index (χ3v) is 4.37. The lowest BCUT2D eigenvalue weighted by atomic mass is 10.1. The summed E-state index contributed by atoms with van der Waals surface area (Å²) in [6.45, 7) is 2.95. The predicted molar refractivity (Wildman–Crippen MR) is 79.1 cm³/mol. The Bertz CT molecular complexity index is 461. The maximum atomic E-state index is 10.7. The van der Waals surface area contributed by atoms with Gasteiger partial charge in [0.2, 0.25) is 0 Å². The third kappa shape index (κ3) is 4.28. The van der Waals surface area contributed by atoms with Crippen molar-refractivity contribution < 1.29 is 4.92 Å². The summed E-state index contributed by atoms with van der Waals surface area (Å²) < 4.78 is 0.801. The summed E-state index contributed by atoms with van der Waals surface area (Å²) in [5, 5.41) is 14.2. The second-order valence-electron chi connectivity index (χ2n) is 5.20. The number of hydrogen-bond acceptors (Lipinski definition) is 3. The number of nitro benzene ring substituents is 1. The Balaban J connectivity index is 1.92. The van der Waals surface area contributed by atoms with Crippen molar-refractivity contribution in [2.75, 3.05) is 0 Å². The molecule has 104 valence electrons. The van der Waals surface area contributed by atoms with Crippen LogP contribution in [0.25, 0.3) is 0 Å². The topological polar surface area (TPSA) is 55.2 Å². The summed E-state index contributed by atoms with van der Waals surface area (Å²) in [5.41, 5.74) is 1.19. The zero-order chi connectivity index (χ0) is 13.8. The number of rotatable bonds is 7. The summed E-state index contributed by atoms with van der Waals surface area (Å²) in [6, 6.07) is 5.50. The van der Waals surface area contributed by atoms with Gasteiger partial charge >= 0.3 is 0 Å². The molecular weight excluding hydrogens is 308 g/mol. The van der Waals surface area contributed by atoms with Gasteiger partial charge in [-0.3, -0.25) is 10.1 Å². The lowest BCUT2D eigenvalue weighted by molar-refractivity contribution is -0.384. The van der Waals surface area contributed by atoms with Gasteiger partial charge in [0.25, 0.3) is 5.69 Å². The molecule has 0 amide bonds. The molecule has 1 aromatic carbocycles. The molecule has 1 aliphatic rings. The molecule has 1 aromatic rings. The van der Waals surface area contributed by atoms with Crippen LogP contribution >= 0.6 is 15.9 Å². The molecule has 0 aromatic heterocycles. The van der Waals surface area contributed by atoms with Gasteiger partial charge in [0.1, 0.15) is 0 Å². The van der Waals surface area contributed by atoms with Gasteiger partial charge in [0, 0.05) is 29.2 Å². The first kappa shape index (κ1) is 14.5. The first-order valence-corrected chi connectivity index (χ1v) is 7.55. The van der Waals surface area contributed by atoms with Crippen LogP contribution in [0.1, 0.15) is 38.2 Å². The average molecular weight is 327 g/mol. The number of halogens is 1. The second-order valence-corrected chi connectivity index (χ2v) is 6.05. The molecule has 0 heterocycles. The summed E-state index contributed by atoms with van der Waals surface area (Å²) in [5.74, 6) is 0.915. The average Bonchev–Trinajstić information content (AvgIpc) is 3.19. The SMILES string of the molecule is CCC(CC1CC1)NCc1ccc([N+](=O)[O-])cc1Br. The van der Waals surface area contributed by atoms with Crippen LogP contribution < -0.4 is 5.32 Å². The largest absolute Gasteiger partial charge is 0.310 e. The molecule has 1 N–H and O–H groups in total. The summed E-state index contributed by atoms with van der Waals surface area (Å²) in [4.78, 5) is 10.3. The highest BCUT2D eigenvalue weighted by atomic mass is 79.9. The van der Waals surface area contributed by atoms with Crippen molar-refractivity contribution in [3.05, 3.63) is 38.3 Å². The lowest BCUT2D eigenvalue weighted by Crippen LogP contribution is -2.28. The van der Waals surface area contributed by atoms with Crippen molar-refractivity contribution in [2.45, 2.75) is 45.2 Å². The number of non-ortho nitro benzene ring substituents is 1. The van der Waals surface area contributed by atoms with Gasteiger partial charge in [-0.2, -0.15) is 0 Å². The lowest BCUT2D eigenvalue weighted by Gasteiger charge is -2.17. The summed E-state index contributed by atoms with van der Waals surface area (Å²) in [6.07, 6.45) is 5.13. The number of hydrogen-bond donors (Lipinski definition) is 1. The molecule has 1 fully saturated rings. The van der Waals surface area contributed by atoms with Crippen LogP contribution in [0.2, 0.25) is 0 Å². The van der Waals surface area contributed by atoms with Crippen molar-refractivity contribution >= 4 is 21.6 Å². The standard InChI is InChI=1S/C14H19BrN2O2/c1-2-12(7-10-3-4-10)16-9-11-5-6-13(17(18)19)8-14(11)15/h5-6,8,10,12,16H,2-4,7,9H2,1H3. The molecule has 4 nitrogen and oxygen atoms in total. The van der Waals surface area contributed by atoms with Gasteiger partial charge < -0.3 is 5.32 Å². The van der Waals surface area contributed by atoms with Crippen LogP contribution in [0.4, 0.5) is 5.69 Å². The van der Waals surface area contributed by atoms with E-state index in [1.807, 2.05) is 6.07 Å². The molecule has 1 saturated carbocycles. The Labute approximate surface area is 121 Å². The molecular formula is C14H19BrN2O2. The van der Waals surface area contributed by atoms with Crippen LogP contribution in [0.3, 0.4) is 0 Å². The molecule has 1 atom stereocenters. The van der Waals surface area contributed by atoms with Crippen molar-refractivity contribution in [3.8, 4) is 0 Å². The smallest absolute Gasteiger partial charge is 0.270 e. The fraction of sp³-hybridized carbons (Fsp3) is 0.571. The Morgan fingerprint density at radius 1 is 1.53 bits per heavy atom. The fourth-order valence-electron chi connectivity index (χ4n) is 2.20. The fourth-order valence-corrected chi connectivity index (χ4v) is 2.70. The van der Waals surface area contributed by atoms with Crippen molar-refractivity contribution in [3.63, 3.8) is 0 Å². The minimum atomic E-state index is -0.371. The van der Waals surface area contributed by atoms with Crippen LogP contribution in [-0.4, -0.2) is 11.0 Å². The molecule has 0 saturated heterocycles. The van der Waals surface area contributed by atoms with E-state index in [1.54, 1.807) is 12.1 Å². The van der Waals surface area contributed by atoms with E-state index in [2.05, 4.69) is 28.2 Å². The Hall–Kier alpha value is -0.940. The van der Waals surface area contributed by atoms with Crippen molar-refractivity contribution in [1.29, 1.82) is 0 Å². The van der Waals surface area contributed by atoms with Crippen molar-refractivity contribution in [1.82, 2.24) is 5.32 Å². The number of nitrogens with one attached hydrogen (secondary N) is 1. The zero-order valence-corrected chi connectivity index (χ0v) is 12.6. The highest BCUT2D eigenvalue weighted by Crippen LogP contribution is 2.34. The third-order valence-electron chi connectivity index (χ3n) is 3.64. The highest BCUT2D eigenvalue weighted by Gasteiger charge is 2.24. The maximum Gasteiger partial charge on any atom is 0.270 e. The van der Waals surface area contributed by atoms with Gasteiger partial charge in [0.05, 0.1) is 4.92 Å². The Morgan fingerprint density at radius 2 is 2.26 bits per heavy atom. The first-order chi connectivity index (χ1) is 9.10. The molecule has 0 radical (unpaired) electrons. The van der Waals surface area contributed by atoms with Crippen LogP contribution in [0.5, 0.6) is 0 Å². The summed E-state index contributed by atoms with van der Waals surface area (Å²) in [7, 11) is 0. The van der Waals surface area contributed by atoms with E-state index >= 15 is 0 Å². The molecule has 0 spiro atoms. The molecule has 5 heteroatoms. The highest BCUT2D eigenvalue weighted by molar-refractivity contribution is 9.10. The van der Waals surface area contributed by atoms with E-state index in [0.29, 0.717) is 6.04 Å². The minimum absolute atomic E-state index is 0.126. The van der Waals surface area contributed by atoms with E-state index in [9.17, 15) is 10.1 Å².